The Morgan fingerprint density at radius 2 is 2.15 bits per heavy atom. The Balaban J connectivity index is 1.69. The lowest BCUT2D eigenvalue weighted by molar-refractivity contribution is 0.352. The van der Waals surface area contributed by atoms with Crippen LogP contribution >= 0.6 is 15.9 Å². The average Bonchev–Trinajstić information content (AvgIpc) is 2.96. The molecule has 0 atom stereocenters. The van der Waals surface area contributed by atoms with Crippen LogP contribution in [-0.2, 0) is 26.6 Å². The zero-order valence-electron chi connectivity index (χ0n) is 11.7. The second-order valence-electron chi connectivity index (χ2n) is 5.17. The van der Waals surface area contributed by atoms with Crippen LogP contribution in [0.5, 0.6) is 5.75 Å². The van der Waals surface area contributed by atoms with Crippen LogP contribution in [0.3, 0.4) is 0 Å². The van der Waals surface area contributed by atoms with Gasteiger partial charge in [0.05, 0.1) is 12.3 Å². The van der Waals surface area contributed by atoms with Gasteiger partial charge in [-0.2, -0.15) is 5.10 Å². The number of ether oxygens (including phenoxy) is 1. The Bertz CT molecular complexity index is 636. The molecule has 5 heteroatoms. The quantitative estimate of drug-likeness (QED) is 0.933. The average molecular weight is 336 g/mol. The summed E-state index contributed by atoms with van der Waals surface area (Å²) in [4.78, 5) is 0. The molecule has 1 aromatic heterocycles. The maximum atomic E-state index is 5.74. The van der Waals surface area contributed by atoms with E-state index in [4.69, 9.17) is 4.74 Å². The number of nitrogens with zero attached hydrogens (tertiary/aromatic N) is 2. The fraction of sp³-hybridized carbons (Fsp3) is 0.400. The van der Waals surface area contributed by atoms with E-state index in [1.165, 1.54) is 16.7 Å². The summed E-state index contributed by atoms with van der Waals surface area (Å²) in [6, 6.07) is 4.28. The molecule has 2 heterocycles. The summed E-state index contributed by atoms with van der Waals surface area (Å²) in [5, 5.41) is 7.83. The minimum Gasteiger partial charge on any atom is -0.493 e. The number of fused-ring (bicyclic) bond motifs is 1. The molecule has 2 aromatic rings. The van der Waals surface area contributed by atoms with Gasteiger partial charge < -0.3 is 10.1 Å². The second kappa shape index (κ2) is 5.58. The summed E-state index contributed by atoms with van der Waals surface area (Å²) in [6.45, 7) is 4.45. The maximum absolute atomic E-state index is 5.74. The first-order valence-corrected chi connectivity index (χ1v) is 7.56. The van der Waals surface area contributed by atoms with Gasteiger partial charge in [0.2, 0.25) is 0 Å². The fourth-order valence-electron chi connectivity index (χ4n) is 2.63. The third-order valence-corrected chi connectivity index (χ3v) is 4.03. The SMILES string of the molecule is Cc1nn(C)cc1CNCc1cc(Br)cc2c1OCC2. The van der Waals surface area contributed by atoms with Crippen LogP contribution in [0, 0.1) is 6.92 Å². The highest BCUT2D eigenvalue weighted by Gasteiger charge is 2.17. The summed E-state index contributed by atoms with van der Waals surface area (Å²) in [5.74, 6) is 1.06. The molecule has 3 rings (SSSR count). The van der Waals surface area contributed by atoms with Crippen molar-refractivity contribution in [3.8, 4) is 5.75 Å². The van der Waals surface area contributed by atoms with E-state index in [0.717, 1.165) is 42.0 Å². The van der Waals surface area contributed by atoms with Crippen LogP contribution in [0.2, 0.25) is 0 Å². The summed E-state index contributed by atoms with van der Waals surface area (Å²) >= 11 is 3.57. The molecular formula is C15H18BrN3O. The van der Waals surface area contributed by atoms with Crippen LogP contribution in [0.1, 0.15) is 22.4 Å². The molecule has 4 nitrogen and oxygen atoms in total. The van der Waals surface area contributed by atoms with Gasteiger partial charge in [-0.25, -0.2) is 0 Å². The number of halogens is 1. The van der Waals surface area contributed by atoms with Crippen molar-refractivity contribution in [2.75, 3.05) is 6.61 Å². The van der Waals surface area contributed by atoms with Gasteiger partial charge in [0.15, 0.2) is 0 Å². The molecular weight excluding hydrogens is 318 g/mol. The van der Waals surface area contributed by atoms with Crippen LogP contribution in [0.25, 0.3) is 0 Å². The lowest BCUT2D eigenvalue weighted by Gasteiger charge is -2.10. The molecule has 1 N–H and O–H groups in total. The molecule has 0 aliphatic carbocycles. The Hall–Kier alpha value is -1.33. The molecule has 0 saturated carbocycles. The first-order valence-electron chi connectivity index (χ1n) is 6.77. The number of hydrogen-bond acceptors (Lipinski definition) is 3. The van der Waals surface area contributed by atoms with Gasteiger partial charge in [-0.05, 0) is 24.6 Å². The van der Waals surface area contributed by atoms with Gasteiger partial charge in [0, 0.05) is 48.4 Å². The van der Waals surface area contributed by atoms with E-state index in [1.807, 2.05) is 18.7 Å². The molecule has 0 unspecified atom stereocenters. The van der Waals surface area contributed by atoms with Crippen molar-refractivity contribution in [3.63, 3.8) is 0 Å². The minimum absolute atomic E-state index is 0.792. The smallest absolute Gasteiger partial charge is 0.127 e. The van der Waals surface area contributed by atoms with Crippen molar-refractivity contribution >= 4 is 15.9 Å². The van der Waals surface area contributed by atoms with Crippen molar-refractivity contribution < 1.29 is 4.74 Å². The second-order valence-corrected chi connectivity index (χ2v) is 6.08. The van der Waals surface area contributed by atoms with E-state index in [1.54, 1.807) is 0 Å². The van der Waals surface area contributed by atoms with E-state index in [0.29, 0.717) is 0 Å². The molecule has 0 bridgehead atoms. The number of hydrogen-bond donors (Lipinski definition) is 1. The number of aryl methyl sites for hydroxylation is 2. The largest absolute Gasteiger partial charge is 0.493 e. The van der Waals surface area contributed by atoms with Gasteiger partial charge in [-0.1, -0.05) is 15.9 Å². The predicted octanol–water partition coefficient (Wildman–Crippen LogP) is 2.72. The number of nitrogens with one attached hydrogen (secondary N) is 1. The third-order valence-electron chi connectivity index (χ3n) is 3.57. The van der Waals surface area contributed by atoms with Gasteiger partial charge in [-0.3, -0.25) is 4.68 Å². The Morgan fingerprint density at radius 1 is 1.35 bits per heavy atom. The highest BCUT2D eigenvalue weighted by molar-refractivity contribution is 9.10. The number of aromatic nitrogens is 2. The van der Waals surface area contributed by atoms with E-state index in [9.17, 15) is 0 Å². The van der Waals surface area contributed by atoms with E-state index in [2.05, 4.69) is 44.7 Å². The van der Waals surface area contributed by atoms with Crippen molar-refractivity contribution in [3.05, 3.63) is 45.2 Å². The molecule has 0 saturated heterocycles. The van der Waals surface area contributed by atoms with Crippen LogP contribution in [-0.4, -0.2) is 16.4 Å². The van der Waals surface area contributed by atoms with Crippen molar-refractivity contribution in [1.82, 2.24) is 15.1 Å². The Labute approximate surface area is 127 Å². The zero-order valence-corrected chi connectivity index (χ0v) is 13.3. The van der Waals surface area contributed by atoms with E-state index >= 15 is 0 Å². The van der Waals surface area contributed by atoms with Crippen LogP contribution in [0.4, 0.5) is 0 Å². The third kappa shape index (κ3) is 2.74. The first kappa shape index (κ1) is 13.6. The Morgan fingerprint density at radius 3 is 2.90 bits per heavy atom. The van der Waals surface area contributed by atoms with Gasteiger partial charge in [-0.15, -0.1) is 0 Å². The highest BCUT2D eigenvalue weighted by Crippen LogP contribution is 2.32. The van der Waals surface area contributed by atoms with Crippen LogP contribution < -0.4 is 10.1 Å². The highest BCUT2D eigenvalue weighted by atomic mass is 79.9. The first-order chi connectivity index (χ1) is 9.63. The number of benzene rings is 1. The Kier molecular flexibility index (Phi) is 3.81. The summed E-state index contributed by atoms with van der Waals surface area (Å²) in [5.41, 5.74) is 4.83. The molecule has 0 spiro atoms. The summed E-state index contributed by atoms with van der Waals surface area (Å²) in [6.07, 6.45) is 3.06. The van der Waals surface area contributed by atoms with Gasteiger partial charge >= 0.3 is 0 Å². The zero-order chi connectivity index (χ0) is 14.1. The molecule has 0 fully saturated rings. The van der Waals surface area contributed by atoms with Crippen molar-refractivity contribution in [1.29, 1.82) is 0 Å². The standard InChI is InChI=1S/C15H18BrN3O/c1-10-13(9-19(2)18-10)8-17-7-12-6-14(16)5-11-3-4-20-15(11)12/h5-6,9,17H,3-4,7-8H2,1-2H3. The summed E-state index contributed by atoms with van der Waals surface area (Å²) < 4.78 is 8.71. The summed E-state index contributed by atoms with van der Waals surface area (Å²) in [7, 11) is 1.95. The van der Waals surface area contributed by atoms with E-state index in [-0.39, 0.29) is 0 Å². The van der Waals surface area contributed by atoms with Crippen molar-refractivity contribution in [2.24, 2.45) is 7.05 Å². The molecule has 1 aliphatic rings. The lowest BCUT2D eigenvalue weighted by atomic mass is 10.1. The van der Waals surface area contributed by atoms with E-state index < -0.39 is 0 Å². The van der Waals surface area contributed by atoms with Crippen LogP contribution in [0.15, 0.2) is 22.8 Å². The molecule has 106 valence electrons. The molecule has 1 aliphatic heterocycles. The van der Waals surface area contributed by atoms with Gasteiger partial charge in [0.1, 0.15) is 5.75 Å². The lowest BCUT2D eigenvalue weighted by Crippen LogP contribution is -2.13. The molecule has 0 amide bonds. The molecule has 20 heavy (non-hydrogen) atoms. The normalized spacial score (nSPS) is 13.3. The topological polar surface area (TPSA) is 39.1 Å². The monoisotopic (exact) mass is 335 g/mol. The minimum atomic E-state index is 0.792. The fourth-order valence-corrected chi connectivity index (χ4v) is 3.18. The van der Waals surface area contributed by atoms with Crippen molar-refractivity contribution in [2.45, 2.75) is 26.4 Å². The predicted molar refractivity (Wildman–Crippen MR) is 81.8 cm³/mol. The van der Waals surface area contributed by atoms with Gasteiger partial charge in [0.25, 0.3) is 0 Å². The maximum Gasteiger partial charge on any atom is 0.127 e. The molecule has 1 aromatic carbocycles. The molecule has 0 radical (unpaired) electrons. The number of rotatable bonds is 4.